The number of methoxy groups -OCH3 is 3. The Hall–Kier alpha value is -2.56. The molecule has 2 aromatic rings. The number of hydrogen-bond donors (Lipinski definition) is 2. The Morgan fingerprint density at radius 3 is 2.09 bits per heavy atom. The summed E-state index contributed by atoms with van der Waals surface area (Å²) in [5.41, 5.74) is 3.08. The number of hydrogen-bond acceptors (Lipinski definition) is 5. The van der Waals surface area contributed by atoms with Crippen LogP contribution in [0.25, 0.3) is 11.1 Å². The van der Waals surface area contributed by atoms with Crippen molar-refractivity contribution in [3.63, 3.8) is 0 Å². The van der Waals surface area contributed by atoms with Crippen molar-refractivity contribution >= 4 is 0 Å². The van der Waals surface area contributed by atoms with Gasteiger partial charge in [0.15, 0.2) is 11.5 Å². The van der Waals surface area contributed by atoms with E-state index in [2.05, 4.69) is 0 Å². The van der Waals surface area contributed by atoms with E-state index in [4.69, 9.17) is 14.2 Å². The summed E-state index contributed by atoms with van der Waals surface area (Å²) >= 11 is 0. The van der Waals surface area contributed by atoms with E-state index in [1.54, 1.807) is 13.2 Å². The molecule has 1 aliphatic carbocycles. The number of phenolic OH excluding ortho intramolecular Hbond substituents is 2. The Kier molecular flexibility index (Phi) is 3.48. The molecule has 0 aliphatic heterocycles. The van der Waals surface area contributed by atoms with E-state index in [-0.39, 0.29) is 17.2 Å². The summed E-state index contributed by atoms with van der Waals surface area (Å²) in [7, 11) is 4.56. The first-order valence-electron chi connectivity index (χ1n) is 6.97. The summed E-state index contributed by atoms with van der Waals surface area (Å²) in [6.45, 7) is 0. The zero-order valence-corrected chi connectivity index (χ0v) is 12.8. The van der Waals surface area contributed by atoms with Gasteiger partial charge in [-0.3, -0.25) is 0 Å². The van der Waals surface area contributed by atoms with Crippen molar-refractivity contribution in [1.82, 2.24) is 0 Å². The molecule has 0 spiro atoms. The van der Waals surface area contributed by atoms with Crippen LogP contribution in [0.1, 0.15) is 11.1 Å². The van der Waals surface area contributed by atoms with Crippen LogP contribution in [0.2, 0.25) is 0 Å². The first-order valence-corrected chi connectivity index (χ1v) is 6.97. The fourth-order valence-corrected chi connectivity index (χ4v) is 3.03. The fourth-order valence-electron chi connectivity index (χ4n) is 3.03. The lowest BCUT2D eigenvalue weighted by Gasteiger charge is -2.24. The molecule has 0 bridgehead atoms. The lowest BCUT2D eigenvalue weighted by molar-refractivity contribution is 0.333. The van der Waals surface area contributed by atoms with Crippen LogP contribution in [0.15, 0.2) is 18.2 Å². The van der Waals surface area contributed by atoms with Crippen LogP contribution in [0.4, 0.5) is 0 Å². The zero-order valence-electron chi connectivity index (χ0n) is 12.8. The minimum Gasteiger partial charge on any atom is -0.507 e. The fraction of sp³-hybridized carbons (Fsp3) is 0.294. The Morgan fingerprint density at radius 1 is 0.818 bits per heavy atom. The van der Waals surface area contributed by atoms with Gasteiger partial charge in [-0.1, -0.05) is 0 Å². The minimum atomic E-state index is -0.0155. The predicted octanol–water partition coefficient (Wildman–Crippen LogP) is 2.89. The van der Waals surface area contributed by atoms with Gasteiger partial charge in [-0.2, -0.15) is 0 Å². The largest absolute Gasteiger partial charge is 0.507 e. The maximum absolute atomic E-state index is 10.6. The number of benzene rings is 2. The summed E-state index contributed by atoms with van der Waals surface area (Å²) in [4.78, 5) is 0. The SMILES string of the molecule is COc1cc(O)c2c(c1)CCc1cc(OC)c(OC)c(O)c1-2. The third kappa shape index (κ3) is 2.01. The Bertz CT molecular complexity index is 737. The normalized spacial score (nSPS) is 12.3. The van der Waals surface area contributed by atoms with E-state index >= 15 is 0 Å². The molecule has 5 nitrogen and oxygen atoms in total. The Labute approximate surface area is 128 Å². The van der Waals surface area contributed by atoms with Crippen molar-refractivity contribution in [1.29, 1.82) is 0 Å². The van der Waals surface area contributed by atoms with Gasteiger partial charge in [0.05, 0.1) is 21.3 Å². The minimum absolute atomic E-state index is 0.0155. The summed E-state index contributed by atoms with van der Waals surface area (Å²) in [6.07, 6.45) is 1.49. The number of ether oxygens (including phenoxy) is 3. The summed E-state index contributed by atoms with van der Waals surface area (Å²) in [6, 6.07) is 5.28. The highest BCUT2D eigenvalue weighted by Crippen LogP contribution is 2.52. The third-order valence-electron chi connectivity index (χ3n) is 4.05. The Balaban J connectivity index is 2.30. The van der Waals surface area contributed by atoms with E-state index in [1.165, 1.54) is 14.2 Å². The average Bonchev–Trinajstić information content (AvgIpc) is 2.53. The van der Waals surface area contributed by atoms with Crippen LogP contribution in [-0.4, -0.2) is 31.5 Å². The third-order valence-corrected chi connectivity index (χ3v) is 4.05. The quantitative estimate of drug-likeness (QED) is 0.912. The average molecular weight is 302 g/mol. The van der Waals surface area contributed by atoms with Gasteiger partial charge < -0.3 is 24.4 Å². The van der Waals surface area contributed by atoms with E-state index in [9.17, 15) is 10.2 Å². The number of aryl methyl sites for hydroxylation is 2. The highest BCUT2D eigenvalue weighted by atomic mass is 16.5. The molecule has 0 atom stereocenters. The topological polar surface area (TPSA) is 68.2 Å². The van der Waals surface area contributed by atoms with Gasteiger partial charge in [0.2, 0.25) is 5.75 Å². The summed E-state index contributed by atoms with van der Waals surface area (Å²) < 4.78 is 15.7. The van der Waals surface area contributed by atoms with E-state index < -0.39 is 0 Å². The van der Waals surface area contributed by atoms with Crippen molar-refractivity contribution in [2.45, 2.75) is 12.8 Å². The summed E-state index contributed by atoms with van der Waals surface area (Å²) in [5.74, 6) is 1.41. The van der Waals surface area contributed by atoms with Gasteiger partial charge in [0.25, 0.3) is 0 Å². The van der Waals surface area contributed by atoms with Crippen molar-refractivity contribution in [3.8, 4) is 39.9 Å². The van der Waals surface area contributed by atoms with Gasteiger partial charge in [-0.05, 0) is 36.1 Å². The standard InChI is InChI=1S/C17H18O5/c1-20-11-6-9-4-5-10-7-13(21-2)17(22-3)16(19)15(10)14(9)12(18)8-11/h6-8,18-19H,4-5H2,1-3H3. The molecule has 0 amide bonds. The molecule has 22 heavy (non-hydrogen) atoms. The molecule has 0 unspecified atom stereocenters. The molecule has 2 aromatic carbocycles. The van der Waals surface area contributed by atoms with Gasteiger partial charge in [-0.25, -0.2) is 0 Å². The number of phenols is 2. The van der Waals surface area contributed by atoms with E-state index in [1.807, 2.05) is 12.1 Å². The van der Waals surface area contributed by atoms with E-state index in [0.717, 1.165) is 24.0 Å². The molecule has 0 heterocycles. The van der Waals surface area contributed by atoms with Crippen LogP contribution in [0.3, 0.4) is 0 Å². The molecule has 0 fully saturated rings. The molecular formula is C17H18O5. The van der Waals surface area contributed by atoms with Crippen molar-refractivity contribution in [2.75, 3.05) is 21.3 Å². The van der Waals surface area contributed by atoms with Crippen molar-refractivity contribution < 1.29 is 24.4 Å². The highest BCUT2D eigenvalue weighted by molar-refractivity contribution is 5.86. The smallest absolute Gasteiger partial charge is 0.203 e. The summed E-state index contributed by atoms with van der Waals surface area (Å²) in [5, 5.41) is 21.0. The first-order chi connectivity index (χ1) is 10.6. The molecule has 5 heteroatoms. The highest BCUT2D eigenvalue weighted by Gasteiger charge is 2.27. The van der Waals surface area contributed by atoms with Crippen LogP contribution >= 0.6 is 0 Å². The van der Waals surface area contributed by atoms with Crippen LogP contribution in [0, 0.1) is 0 Å². The molecule has 0 saturated carbocycles. The lowest BCUT2D eigenvalue weighted by Crippen LogP contribution is -2.06. The molecule has 116 valence electrons. The van der Waals surface area contributed by atoms with E-state index in [0.29, 0.717) is 22.6 Å². The second-order valence-corrected chi connectivity index (χ2v) is 5.18. The zero-order chi connectivity index (χ0) is 15.9. The first kappa shape index (κ1) is 14.4. The van der Waals surface area contributed by atoms with Crippen LogP contribution in [0.5, 0.6) is 28.7 Å². The van der Waals surface area contributed by atoms with Gasteiger partial charge >= 0.3 is 0 Å². The van der Waals surface area contributed by atoms with Gasteiger partial charge in [0, 0.05) is 17.2 Å². The molecule has 2 N–H and O–H groups in total. The van der Waals surface area contributed by atoms with Crippen LogP contribution in [-0.2, 0) is 12.8 Å². The molecule has 3 rings (SSSR count). The molecule has 0 saturated heterocycles. The van der Waals surface area contributed by atoms with Gasteiger partial charge in [0.1, 0.15) is 11.5 Å². The second-order valence-electron chi connectivity index (χ2n) is 5.18. The van der Waals surface area contributed by atoms with Gasteiger partial charge in [-0.15, -0.1) is 0 Å². The van der Waals surface area contributed by atoms with Crippen LogP contribution < -0.4 is 14.2 Å². The monoisotopic (exact) mass is 302 g/mol. The molecule has 0 aromatic heterocycles. The lowest BCUT2D eigenvalue weighted by atomic mass is 9.84. The predicted molar refractivity (Wildman–Crippen MR) is 82.3 cm³/mol. The van der Waals surface area contributed by atoms with Crippen molar-refractivity contribution in [2.24, 2.45) is 0 Å². The Morgan fingerprint density at radius 2 is 1.50 bits per heavy atom. The molecule has 1 aliphatic rings. The maximum atomic E-state index is 10.6. The molecular weight excluding hydrogens is 284 g/mol. The molecule has 0 radical (unpaired) electrons. The number of rotatable bonds is 3. The second kappa shape index (κ2) is 5.33. The maximum Gasteiger partial charge on any atom is 0.203 e. The number of fused-ring (bicyclic) bond motifs is 3. The van der Waals surface area contributed by atoms with Crippen molar-refractivity contribution in [3.05, 3.63) is 29.3 Å². The number of aromatic hydroxyl groups is 2.